The van der Waals surface area contributed by atoms with Gasteiger partial charge in [-0.3, -0.25) is 0 Å². The zero-order valence-electron chi connectivity index (χ0n) is 7.77. The van der Waals surface area contributed by atoms with Crippen molar-refractivity contribution in [1.29, 1.82) is 0 Å². The van der Waals surface area contributed by atoms with Crippen molar-refractivity contribution < 1.29 is 9.47 Å². The summed E-state index contributed by atoms with van der Waals surface area (Å²) >= 11 is 0. The summed E-state index contributed by atoms with van der Waals surface area (Å²) < 4.78 is 9.16. The Morgan fingerprint density at radius 2 is 1.91 bits per heavy atom. The Kier molecular flexibility index (Phi) is 20.2. The average molecular weight is 160 g/mol. The molecule has 0 saturated heterocycles. The number of methoxy groups -OCH3 is 1. The van der Waals surface area contributed by atoms with Crippen LogP contribution >= 0.6 is 0 Å². The summed E-state index contributed by atoms with van der Waals surface area (Å²) in [6.07, 6.45) is 3.19. The Bertz CT molecular complexity index is 40.8. The molecule has 2 radical (unpaired) electrons. The molecule has 0 aromatic rings. The van der Waals surface area contributed by atoms with Crippen molar-refractivity contribution in [3.05, 3.63) is 14.0 Å². The van der Waals surface area contributed by atoms with E-state index in [2.05, 4.69) is 30.4 Å². The maximum Gasteiger partial charge on any atom is 0.0700 e. The molecule has 0 unspecified atom stereocenters. The van der Waals surface area contributed by atoms with Crippen molar-refractivity contribution in [2.24, 2.45) is 0 Å². The van der Waals surface area contributed by atoms with E-state index < -0.39 is 0 Å². The zero-order valence-corrected chi connectivity index (χ0v) is 7.77. The average Bonchev–Trinajstić information content (AvgIpc) is 2.04. The van der Waals surface area contributed by atoms with Gasteiger partial charge >= 0.3 is 0 Å². The summed E-state index contributed by atoms with van der Waals surface area (Å²) in [5, 5.41) is 0. The third-order valence-electron chi connectivity index (χ3n) is 0.991. The van der Waals surface area contributed by atoms with E-state index >= 15 is 0 Å². The highest BCUT2D eigenvalue weighted by Gasteiger charge is 1.74. The standard InChI is InChI=1S/C5H11O.C4H9O/c1-3-4-5-6-2;1-3-4-5-2/h2-5H2,1H3;1,3-4H2,2H3. The Morgan fingerprint density at radius 1 is 1.27 bits per heavy atom. The van der Waals surface area contributed by atoms with Crippen LogP contribution in [0.25, 0.3) is 0 Å². The van der Waals surface area contributed by atoms with Crippen LogP contribution in [0.3, 0.4) is 0 Å². The van der Waals surface area contributed by atoms with Crippen molar-refractivity contribution in [1.82, 2.24) is 0 Å². The fourth-order valence-corrected chi connectivity index (χ4v) is 0.391. The number of hydrogen-bond donors (Lipinski definition) is 0. The van der Waals surface area contributed by atoms with Gasteiger partial charge < -0.3 is 9.47 Å². The van der Waals surface area contributed by atoms with Crippen LogP contribution in [0.5, 0.6) is 0 Å². The van der Waals surface area contributed by atoms with Crippen molar-refractivity contribution in [2.45, 2.75) is 26.2 Å². The van der Waals surface area contributed by atoms with E-state index in [0.29, 0.717) is 0 Å². The lowest BCUT2D eigenvalue weighted by atomic mass is 10.4. The molecule has 0 atom stereocenters. The van der Waals surface area contributed by atoms with Gasteiger partial charge in [-0.25, -0.2) is 0 Å². The number of ether oxygens (including phenoxy) is 2. The summed E-state index contributed by atoms with van der Waals surface area (Å²) in [5.74, 6) is 0. The third-order valence-corrected chi connectivity index (χ3v) is 0.991. The van der Waals surface area contributed by atoms with Crippen LogP contribution in [0, 0.1) is 14.0 Å². The van der Waals surface area contributed by atoms with Crippen LogP contribution in [0.15, 0.2) is 0 Å². The Hall–Kier alpha value is -0.0800. The largest absolute Gasteiger partial charge is 0.385 e. The van der Waals surface area contributed by atoms with Crippen molar-refractivity contribution in [2.75, 3.05) is 20.3 Å². The minimum Gasteiger partial charge on any atom is -0.385 e. The van der Waals surface area contributed by atoms with Crippen molar-refractivity contribution >= 4 is 0 Å². The molecule has 0 aliphatic heterocycles. The van der Waals surface area contributed by atoms with Crippen LogP contribution in [0.4, 0.5) is 0 Å². The summed E-state index contributed by atoms with van der Waals surface area (Å²) in [5.41, 5.74) is 0. The van der Waals surface area contributed by atoms with Crippen LogP contribution < -0.4 is 0 Å². The van der Waals surface area contributed by atoms with E-state index in [1.54, 1.807) is 7.11 Å². The van der Waals surface area contributed by atoms with Gasteiger partial charge in [0.25, 0.3) is 0 Å². The number of unbranched alkanes of at least 4 members (excludes halogenated alkanes) is 1. The molecule has 0 saturated carbocycles. The Labute approximate surface area is 70.9 Å². The minimum absolute atomic E-state index is 0.778. The molecule has 0 aliphatic rings. The van der Waals surface area contributed by atoms with E-state index in [-0.39, 0.29) is 0 Å². The first-order chi connectivity index (χ1) is 5.33. The van der Waals surface area contributed by atoms with Gasteiger partial charge in [-0.1, -0.05) is 20.3 Å². The topological polar surface area (TPSA) is 18.5 Å². The predicted molar refractivity (Wildman–Crippen MR) is 48.1 cm³/mol. The second kappa shape index (κ2) is 16.5. The van der Waals surface area contributed by atoms with Crippen LogP contribution in [0.2, 0.25) is 0 Å². The molecule has 0 fully saturated rings. The Balaban J connectivity index is 0. The second-order valence-corrected chi connectivity index (χ2v) is 2.11. The minimum atomic E-state index is 0.778. The highest BCUT2D eigenvalue weighted by atomic mass is 16.5. The first-order valence-electron chi connectivity index (χ1n) is 3.98. The van der Waals surface area contributed by atoms with Gasteiger partial charge in [0, 0.05) is 20.3 Å². The van der Waals surface area contributed by atoms with E-state index in [4.69, 9.17) is 0 Å². The van der Waals surface area contributed by atoms with Crippen molar-refractivity contribution in [3.8, 4) is 0 Å². The molecule has 0 bridgehead atoms. The molecule has 0 heterocycles. The molecule has 0 N–H and O–H groups in total. The van der Waals surface area contributed by atoms with Crippen LogP contribution in [-0.4, -0.2) is 20.3 Å². The second-order valence-electron chi connectivity index (χ2n) is 2.11. The normalized spacial score (nSPS) is 8.73. The van der Waals surface area contributed by atoms with E-state index in [9.17, 15) is 0 Å². The fourth-order valence-electron chi connectivity index (χ4n) is 0.391. The molecular weight excluding hydrogens is 140 g/mol. The molecule has 0 amide bonds. The molecule has 2 nitrogen and oxygen atoms in total. The first kappa shape index (κ1) is 13.5. The quantitative estimate of drug-likeness (QED) is 0.575. The maximum absolute atomic E-state index is 4.63. The van der Waals surface area contributed by atoms with E-state index in [0.717, 1.165) is 26.1 Å². The van der Waals surface area contributed by atoms with Gasteiger partial charge in [0.15, 0.2) is 0 Å². The van der Waals surface area contributed by atoms with Gasteiger partial charge in [-0.2, -0.15) is 0 Å². The molecule has 0 aromatic carbocycles. The first-order valence-corrected chi connectivity index (χ1v) is 3.98. The molecule has 0 rings (SSSR count). The number of rotatable bonds is 5. The SMILES string of the molecule is [CH2]CCOC.[CH2]OCCCC. The highest BCUT2D eigenvalue weighted by Crippen LogP contribution is 1.84. The highest BCUT2D eigenvalue weighted by molar-refractivity contribution is 4.31. The molecule has 0 aromatic heterocycles. The Morgan fingerprint density at radius 3 is 2.00 bits per heavy atom. The summed E-state index contributed by atoms with van der Waals surface area (Å²) in [4.78, 5) is 0. The van der Waals surface area contributed by atoms with Gasteiger partial charge in [-0.05, 0) is 12.8 Å². The third kappa shape index (κ3) is 25.7. The molecule has 11 heavy (non-hydrogen) atoms. The summed E-state index contributed by atoms with van der Waals surface area (Å²) in [7, 11) is 4.89. The van der Waals surface area contributed by atoms with E-state index in [1.165, 1.54) is 6.42 Å². The monoisotopic (exact) mass is 160 g/mol. The predicted octanol–water partition coefficient (Wildman–Crippen LogP) is 2.45. The van der Waals surface area contributed by atoms with Crippen molar-refractivity contribution in [3.63, 3.8) is 0 Å². The summed E-state index contributed by atoms with van der Waals surface area (Å²) in [6, 6.07) is 0. The fraction of sp³-hybridized carbons (Fsp3) is 0.778. The van der Waals surface area contributed by atoms with Crippen LogP contribution in [0.1, 0.15) is 26.2 Å². The summed E-state index contributed by atoms with van der Waals surface area (Å²) in [6.45, 7) is 7.25. The van der Waals surface area contributed by atoms with E-state index in [1.807, 2.05) is 0 Å². The lowest BCUT2D eigenvalue weighted by Gasteiger charge is -1.89. The molecular formula is C9H20O2. The lowest BCUT2D eigenvalue weighted by Crippen LogP contribution is -1.81. The smallest absolute Gasteiger partial charge is 0.0700 e. The number of hydrogen-bond acceptors (Lipinski definition) is 2. The zero-order chi connectivity index (χ0) is 8.95. The van der Waals surface area contributed by atoms with Crippen LogP contribution in [-0.2, 0) is 9.47 Å². The van der Waals surface area contributed by atoms with Gasteiger partial charge in [0.2, 0.25) is 0 Å². The molecule has 0 spiro atoms. The molecule has 68 valence electrons. The van der Waals surface area contributed by atoms with Gasteiger partial charge in [0.05, 0.1) is 7.11 Å². The molecule has 2 heteroatoms. The maximum atomic E-state index is 4.63. The molecule has 0 aliphatic carbocycles. The van der Waals surface area contributed by atoms with Gasteiger partial charge in [-0.15, -0.1) is 0 Å². The lowest BCUT2D eigenvalue weighted by molar-refractivity contribution is 0.204. The van der Waals surface area contributed by atoms with Gasteiger partial charge in [0.1, 0.15) is 0 Å².